The molecule has 0 aliphatic heterocycles. The van der Waals surface area contributed by atoms with E-state index < -0.39 is 0 Å². The van der Waals surface area contributed by atoms with Gasteiger partial charge in [-0.3, -0.25) is 9.36 Å². The van der Waals surface area contributed by atoms with Crippen molar-refractivity contribution in [2.75, 3.05) is 6.26 Å². The monoisotopic (exact) mass is 277 g/mol. The molecule has 1 atom stereocenters. The van der Waals surface area contributed by atoms with Crippen LogP contribution in [0.3, 0.4) is 0 Å². The fourth-order valence-corrected chi connectivity index (χ4v) is 2.22. The van der Waals surface area contributed by atoms with Crippen LogP contribution >= 0.6 is 11.8 Å². The fraction of sp³-hybridized carbons (Fsp3) is 0.500. The maximum Gasteiger partial charge on any atom is 0.252 e. The fourth-order valence-electron chi connectivity index (χ4n) is 1.88. The molecule has 0 bridgehead atoms. The number of rotatable bonds is 2. The number of hydrogen-bond acceptors (Lipinski definition) is 4. The minimum atomic E-state index is -0.0133. The molecule has 102 valence electrons. The molecule has 0 amide bonds. The summed E-state index contributed by atoms with van der Waals surface area (Å²) in [6.07, 6.45) is 3.71. The zero-order chi connectivity index (χ0) is 14.2. The lowest BCUT2D eigenvalue weighted by molar-refractivity contribution is 0.262. The lowest BCUT2D eigenvalue weighted by atomic mass is 9.87. The van der Waals surface area contributed by atoms with E-state index in [1.807, 2.05) is 6.26 Å². The highest BCUT2D eigenvalue weighted by Crippen LogP contribution is 2.30. The molecule has 0 aliphatic carbocycles. The standard InChI is InChI=1S/C14H19N3OS/c1-9(14(2,3)4)17-11(18)7-6-10-8-15-13(19-5)16-12(10)17/h6-9H,1-5H3. The lowest BCUT2D eigenvalue weighted by Gasteiger charge is -2.29. The molecule has 4 nitrogen and oxygen atoms in total. The van der Waals surface area contributed by atoms with E-state index in [-0.39, 0.29) is 17.0 Å². The van der Waals surface area contributed by atoms with Gasteiger partial charge in [-0.25, -0.2) is 9.97 Å². The molecule has 2 rings (SSSR count). The van der Waals surface area contributed by atoms with Gasteiger partial charge in [0.2, 0.25) is 0 Å². The molecule has 1 unspecified atom stereocenters. The molecule has 0 saturated heterocycles. The van der Waals surface area contributed by atoms with E-state index >= 15 is 0 Å². The minimum Gasteiger partial charge on any atom is -0.289 e. The van der Waals surface area contributed by atoms with Crippen molar-refractivity contribution in [2.45, 2.75) is 38.9 Å². The highest BCUT2D eigenvalue weighted by Gasteiger charge is 2.24. The topological polar surface area (TPSA) is 47.8 Å². The molecule has 0 fully saturated rings. The molecule has 2 heterocycles. The Morgan fingerprint density at radius 2 is 2.00 bits per heavy atom. The Hall–Kier alpha value is -1.36. The van der Waals surface area contributed by atoms with Gasteiger partial charge in [-0.05, 0) is 24.7 Å². The minimum absolute atomic E-state index is 0.0113. The first kappa shape index (κ1) is 14.1. The second kappa shape index (κ2) is 4.96. The zero-order valence-electron chi connectivity index (χ0n) is 12.0. The van der Waals surface area contributed by atoms with Crippen LogP contribution in [-0.2, 0) is 0 Å². The van der Waals surface area contributed by atoms with Gasteiger partial charge < -0.3 is 0 Å². The molecule has 0 spiro atoms. The molecular formula is C14H19N3OS. The molecule has 0 radical (unpaired) electrons. The van der Waals surface area contributed by atoms with Crippen LogP contribution in [0.15, 0.2) is 28.3 Å². The Labute approximate surface area is 117 Å². The van der Waals surface area contributed by atoms with Gasteiger partial charge in [-0.1, -0.05) is 32.5 Å². The maximum absolute atomic E-state index is 12.2. The molecule has 0 aliphatic rings. The second-order valence-corrected chi connectivity index (χ2v) is 6.49. The van der Waals surface area contributed by atoms with Gasteiger partial charge in [0, 0.05) is 23.7 Å². The van der Waals surface area contributed by atoms with Crippen LogP contribution in [0.25, 0.3) is 11.0 Å². The Bertz CT molecular complexity index is 658. The summed E-state index contributed by atoms with van der Waals surface area (Å²) in [5.74, 6) is 0. The van der Waals surface area contributed by atoms with Crippen LogP contribution in [0.5, 0.6) is 0 Å². The van der Waals surface area contributed by atoms with Gasteiger partial charge in [-0.2, -0.15) is 0 Å². The molecule has 0 N–H and O–H groups in total. The van der Waals surface area contributed by atoms with E-state index in [1.54, 1.807) is 22.9 Å². The average molecular weight is 277 g/mol. The Morgan fingerprint density at radius 1 is 1.32 bits per heavy atom. The maximum atomic E-state index is 12.2. The second-order valence-electron chi connectivity index (χ2n) is 5.72. The summed E-state index contributed by atoms with van der Waals surface area (Å²) in [5, 5.41) is 1.58. The molecule has 19 heavy (non-hydrogen) atoms. The van der Waals surface area contributed by atoms with E-state index in [9.17, 15) is 4.79 Å². The van der Waals surface area contributed by atoms with Crippen LogP contribution in [0.4, 0.5) is 0 Å². The highest BCUT2D eigenvalue weighted by atomic mass is 32.2. The summed E-state index contributed by atoms with van der Waals surface area (Å²) in [5.41, 5.74) is 0.692. The third-order valence-corrected chi connectivity index (χ3v) is 4.03. The smallest absolute Gasteiger partial charge is 0.252 e. The van der Waals surface area contributed by atoms with Crippen LogP contribution in [0.1, 0.15) is 33.7 Å². The summed E-state index contributed by atoms with van der Waals surface area (Å²) in [6, 6.07) is 3.44. The number of pyridine rings is 1. The molecule has 0 saturated carbocycles. The number of nitrogens with zero attached hydrogens (tertiary/aromatic N) is 3. The van der Waals surface area contributed by atoms with Crippen molar-refractivity contribution in [3.8, 4) is 0 Å². The number of aromatic nitrogens is 3. The van der Waals surface area contributed by atoms with E-state index in [0.717, 1.165) is 5.39 Å². The summed E-state index contributed by atoms with van der Waals surface area (Å²) in [4.78, 5) is 21.0. The van der Waals surface area contributed by atoms with Crippen molar-refractivity contribution in [1.82, 2.24) is 14.5 Å². The normalized spacial score (nSPS) is 13.7. The summed E-state index contributed by atoms with van der Waals surface area (Å²) in [6.45, 7) is 8.43. The summed E-state index contributed by atoms with van der Waals surface area (Å²) < 4.78 is 1.77. The van der Waals surface area contributed by atoms with Crippen molar-refractivity contribution in [1.29, 1.82) is 0 Å². The molecule has 5 heteroatoms. The van der Waals surface area contributed by atoms with Crippen molar-refractivity contribution >= 4 is 22.8 Å². The van der Waals surface area contributed by atoms with E-state index in [1.165, 1.54) is 11.8 Å². The first-order valence-electron chi connectivity index (χ1n) is 6.27. The van der Waals surface area contributed by atoms with Gasteiger partial charge >= 0.3 is 0 Å². The quantitative estimate of drug-likeness (QED) is 0.625. The Balaban J connectivity index is 2.77. The average Bonchev–Trinajstić information content (AvgIpc) is 2.36. The molecule has 2 aromatic heterocycles. The van der Waals surface area contributed by atoms with Crippen LogP contribution < -0.4 is 5.56 Å². The molecular weight excluding hydrogens is 258 g/mol. The van der Waals surface area contributed by atoms with Gasteiger partial charge in [0.25, 0.3) is 5.56 Å². The number of fused-ring (bicyclic) bond motifs is 1. The van der Waals surface area contributed by atoms with E-state index in [0.29, 0.717) is 10.8 Å². The SMILES string of the molecule is CSc1ncc2ccc(=O)n(C(C)C(C)(C)C)c2n1. The lowest BCUT2D eigenvalue weighted by Crippen LogP contribution is -2.31. The van der Waals surface area contributed by atoms with E-state index in [2.05, 4.69) is 37.7 Å². The largest absolute Gasteiger partial charge is 0.289 e. The van der Waals surface area contributed by atoms with Gasteiger partial charge in [-0.15, -0.1) is 0 Å². The van der Waals surface area contributed by atoms with Crippen molar-refractivity contribution in [3.05, 3.63) is 28.7 Å². The predicted molar refractivity (Wildman–Crippen MR) is 79.7 cm³/mol. The van der Waals surface area contributed by atoms with Crippen molar-refractivity contribution in [3.63, 3.8) is 0 Å². The van der Waals surface area contributed by atoms with Crippen LogP contribution in [0.2, 0.25) is 0 Å². The first-order chi connectivity index (χ1) is 8.84. The van der Waals surface area contributed by atoms with Crippen molar-refractivity contribution in [2.24, 2.45) is 5.41 Å². The van der Waals surface area contributed by atoms with Crippen molar-refractivity contribution < 1.29 is 0 Å². The molecule has 0 aromatic carbocycles. The van der Waals surface area contributed by atoms with Gasteiger partial charge in [0.1, 0.15) is 5.65 Å². The van der Waals surface area contributed by atoms with Gasteiger partial charge in [0.05, 0.1) is 0 Å². The number of thioether (sulfide) groups is 1. The predicted octanol–water partition coefficient (Wildman–Crippen LogP) is 3.12. The van der Waals surface area contributed by atoms with Crippen LogP contribution in [-0.4, -0.2) is 20.8 Å². The zero-order valence-corrected chi connectivity index (χ0v) is 12.8. The third-order valence-electron chi connectivity index (χ3n) is 3.47. The summed E-state index contributed by atoms with van der Waals surface area (Å²) in [7, 11) is 0. The van der Waals surface area contributed by atoms with E-state index in [4.69, 9.17) is 0 Å². The van der Waals surface area contributed by atoms with Crippen LogP contribution in [0, 0.1) is 5.41 Å². The third kappa shape index (κ3) is 2.66. The Kier molecular flexibility index (Phi) is 3.67. The highest BCUT2D eigenvalue weighted by molar-refractivity contribution is 7.98. The first-order valence-corrected chi connectivity index (χ1v) is 7.49. The Morgan fingerprint density at radius 3 is 2.58 bits per heavy atom. The summed E-state index contributed by atoms with van der Waals surface area (Å²) >= 11 is 1.48. The number of hydrogen-bond donors (Lipinski definition) is 0. The van der Waals surface area contributed by atoms with Gasteiger partial charge in [0.15, 0.2) is 5.16 Å². The molecule has 2 aromatic rings.